The van der Waals surface area contributed by atoms with E-state index in [0.717, 1.165) is 0 Å². The van der Waals surface area contributed by atoms with Gasteiger partial charge in [-0.25, -0.2) is 0 Å². The van der Waals surface area contributed by atoms with Gasteiger partial charge in [0.25, 0.3) is 0 Å². The number of aliphatic hydroxyl groups is 5. The first-order valence-corrected chi connectivity index (χ1v) is 8.58. The van der Waals surface area contributed by atoms with E-state index in [9.17, 15) is 30.6 Å². The van der Waals surface area contributed by atoms with E-state index in [4.69, 9.17) is 9.47 Å². The van der Waals surface area contributed by atoms with Gasteiger partial charge < -0.3 is 40.1 Å². The summed E-state index contributed by atoms with van der Waals surface area (Å²) in [6.45, 7) is -0.826. The molecule has 28 heavy (non-hydrogen) atoms. The van der Waals surface area contributed by atoms with Crippen molar-refractivity contribution in [1.82, 2.24) is 0 Å². The fourth-order valence-corrected chi connectivity index (χ4v) is 2.92. The van der Waals surface area contributed by atoms with Gasteiger partial charge in [-0.2, -0.15) is 0 Å². The Hall–Kier alpha value is -2.46. The van der Waals surface area contributed by atoms with Gasteiger partial charge in [-0.1, -0.05) is 36.4 Å². The van der Waals surface area contributed by atoms with Gasteiger partial charge in [0, 0.05) is 0 Å². The Morgan fingerprint density at radius 1 is 1.00 bits per heavy atom. The second kappa shape index (κ2) is 7.88. The van der Waals surface area contributed by atoms with Crippen molar-refractivity contribution in [3.63, 3.8) is 0 Å². The summed E-state index contributed by atoms with van der Waals surface area (Å²) in [4.78, 5) is 0. The molecule has 1 aliphatic rings. The molecule has 2 aromatic carbocycles. The van der Waals surface area contributed by atoms with Crippen molar-refractivity contribution in [3.8, 4) is 11.5 Å². The number of benzene rings is 2. The highest BCUT2D eigenvalue weighted by atomic mass is 16.7. The van der Waals surface area contributed by atoms with Crippen LogP contribution in [-0.2, 0) is 4.74 Å². The van der Waals surface area contributed by atoms with Crippen LogP contribution in [-0.4, -0.2) is 67.1 Å². The second-order valence-corrected chi connectivity index (χ2v) is 6.59. The van der Waals surface area contributed by atoms with Gasteiger partial charge >= 0.3 is 0 Å². The number of aliphatic hydroxyl groups excluding tert-OH is 3. The van der Waals surface area contributed by atoms with Crippen LogP contribution in [0.1, 0.15) is 5.56 Å². The van der Waals surface area contributed by atoms with Crippen molar-refractivity contribution in [1.29, 1.82) is 0 Å². The first-order chi connectivity index (χ1) is 13.3. The van der Waals surface area contributed by atoms with Crippen molar-refractivity contribution in [3.05, 3.63) is 66.2 Å². The van der Waals surface area contributed by atoms with E-state index in [1.807, 2.05) is 0 Å². The topological polar surface area (TPSA) is 140 Å². The maximum Gasteiger partial charge on any atom is 0.232 e. The molecule has 150 valence electrons. The lowest BCUT2D eigenvalue weighted by Crippen LogP contribution is -2.72. The fraction of sp³-hybridized carbons (Fsp3) is 0.300. The van der Waals surface area contributed by atoms with Crippen LogP contribution >= 0.6 is 0 Å². The molecule has 0 amide bonds. The van der Waals surface area contributed by atoms with Gasteiger partial charge in [-0.05, 0) is 35.9 Å². The van der Waals surface area contributed by atoms with Crippen molar-refractivity contribution in [2.45, 2.75) is 29.9 Å². The normalized spacial score (nSPS) is 29.7. The molecule has 4 atom stereocenters. The van der Waals surface area contributed by atoms with Crippen LogP contribution in [0.3, 0.4) is 0 Å². The summed E-state index contributed by atoms with van der Waals surface area (Å²) in [5.74, 6) is -2.67. The number of hydrogen-bond donors (Lipinski definition) is 6. The highest BCUT2D eigenvalue weighted by Crippen LogP contribution is 2.37. The third-order valence-electron chi connectivity index (χ3n) is 4.59. The smallest absolute Gasteiger partial charge is 0.232 e. The van der Waals surface area contributed by atoms with Gasteiger partial charge in [-0.3, -0.25) is 0 Å². The molecule has 3 rings (SSSR count). The average Bonchev–Trinajstić information content (AvgIpc) is 2.70. The largest absolute Gasteiger partial charge is 0.508 e. The molecule has 1 aliphatic heterocycles. The summed E-state index contributed by atoms with van der Waals surface area (Å²) in [6, 6.07) is 14.3. The summed E-state index contributed by atoms with van der Waals surface area (Å²) in [7, 11) is 0. The Morgan fingerprint density at radius 3 is 2.25 bits per heavy atom. The van der Waals surface area contributed by atoms with Crippen LogP contribution < -0.4 is 4.74 Å². The monoisotopic (exact) mass is 390 g/mol. The molecule has 0 saturated carbocycles. The molecule has 0 radical (unpaired) electrons. The first-order valence-electron chi connectivity index (χ1n) is 8.58. The minimum atomic E-state index is -3.01. The molecule has 1 saturated heterocycles. The molecule has 1 fully saturated rings. The van der Waals surface area contributed by atoms with Gasteiger partial charge in [0.05, 0.1) is 6.61 Å². The van der Waals surface area contributed by atoms with Gasteiger partial charge in [0.1, 0.15) is 23.2 Å². The highest BCUT2D eigenvalue weighted by Gasteiger charge is 2.61. The zero-order valence-electron chi connectivity index (χ0n) is 14.8. The maximum atomic E-state index is 10.4. The standard InChI is InChI=1S/C20H22O8/c21-12-19(11-10-13-6-8-14(22)9-7-13)18(24)20(25,26)16(23)17(28-19)27-15-4-2-1-3-5-15/h1-11,16-18,21-26H,12H2/b11-10+. The van der Waals surface area contributed by atoms with E-state index in [-0.39, 0.29) is 11.5 Å². The molecular weight excluding hydrogens is 368 g/mol. The summed E-state index contributed by atoms with van der Waals surface area (Å²) in [6.07, 6.45) is -2.96. The number of aromatic hydroxyl groups is 1. The van der Waals surface area contributed by atoms with E-state index in [2.05, 4.69) is 0 Å². The van der Waals surface area contributed by atoms with Crippen LogP contribution in [0.15, 0.2) is 60.7 Å². The molecule has 1 heterocycles. The Kier molecular flexibility index (Phi) is 5.71. The summed E-state index contributed by atoms with van der Waals surface area (Å²) in [5.41, 5.74) is -1.38. The van der Waals surface area contributed by atoms with E-state index >= 15 is 0 Å². The molecule has 0 aliphatic carbocycles. The number of para-hydroxylation sites is 1. The van der Waals surface area contributed by atoms with E-state index in [0.29, 0.717) is 5.56 Å². The quantitative estimate of drug-likeness (QED) is 0.391. The molecule has 8 heteroatoms. The minimum absolute atomic E-state index is 0.0622. The Bertz CT molecular complexity index is 805. The summed E-state index contributed by atoms with van der Waals surface area (Å²) >= 11 is 0. The molecule has 0 aromatic heterocycles. The molecule has 8 nitrogen and oxygen atoms in total. The Labute approximate surface area is 161 Å². The van der Waals surface area contributed by atoms with Gasteiger partial charge in [0.2, 0.25) is 12.1 Å². The van der Waals surface area contributed by atoms with Crippen LogP contribution in [0.4, 0.5) is 0 Å². The second-order valence-electron chi connectivity index (χ2n) is 6.59. The first kappa shape index (κ1) is 20.3. The molecule has 0 spiro atoms. The number of phenols is 1. The van der Waals surface area contributed by atoms with Crippen molar-refractivity contribution in [2.75, 3.05) is 6.61 Å². The molecule has 6 N–H and O–H groups in total. The van der Waals surface area contributed by atoms with Crippen LogP contribution in [0.5, 0.6) is 11.5 Å². The molecule has 4 unspecified atom stereocenters. The van der Waals surface area contributed by atoms with E-state index < -0.39 is 36.5 Å². The lowest BCUT2D eigenvalue weighted by Gasteiger charge is -2.49. The zero-order valence-corrected chi connectivity index (χ0v) is 14.8. The van der Waals surface area contributed by atoms with Gasteiger partial charge in [-0.15, -0.1) is 0 Å². The fourth-order valence-electron chi connectivity index (χ4n) is 2.92. The molecule has 0 bridgehead atoms. The molecular formula is C20H22O8. The molecule has 2 aromatic rings. The van der Waals surface area contributed by atoms with Crippen molar-refractivity contribution >= 4 is 6.08 Å². The predicted octanol–water partition coefficient (Wildman–Crippen LogP) is -0.0255. The number of ether oxygens (including phenoxy) is 2. The summed E-state index contributed by atoms with van der Waals surface area (Å²) in [5, 5.41) is 60.5. The van der Waals surface area contributed by atoms with Crippen LogP contribution in [0.25, 0.3) is 6.08 Å². The lowest BCUT2D eigenvalue weighted by atomic mass is 9.84. The Balaban J connectivity index is 1.92. The van der Waals surface area contributed by atoms with Crippen molar-refractivity contribution in [2.24, 2.45) is 0 Å². The summed E-state index contributed by atoms with van der Waals surface area (Å²) < 4.78 is 11.1. The van der Waals surface area contributed by atoms with E-state index in [1.54, 1.807) is 42.5 Å². The third-order valence-corrected chi connectivity index (χ3v) is 4.59. The average molecular weight is 390 g/mol. The third kappa shape index (κ3) is 3.88. The SMILES string of the molecule is OCC1(/C=C/c2ccc(O)cc2)OC(Oc2ccccc2)C(O)C(O)(O)C1O. The van der Waals surface area contributed by atoms with Gasteiger partial charge in [0.15, 0.2) is 6.10 Å². The predicted molar refractivity (Wildman–Crippen MR) is 98.1 cm³/mol. The maximum absolute atomic E-state index is 10.4. The minimum Gasteiger partial charge on any atom is -0.508 e. The number of phenolic OH excluding ortho intramolecular Hbond substituents is 1. The lowest BCUT2D eigenvalue weighted by molar-refractivity contribution is -0.393. The zero-order chi connectivity index (χ0) is 20.4. The number of rotatable bonds is 5. The van der Waals surface area contributed by atoms with Crippen LogP contribution in [0, 0.1) is 0 Å². The number of hydrogen-bond acceptors (Lipinski definition) is 8. The Morgan fingerprint density at radius 2 is 1.64 bits per heavy atom. The van der Waals surface area contributed by atoms with Crippen LogP contribution in [0.2, 0.25) is 0 Å². The van der Waals surface area contributed by atoms with E-state index in [1.165, 1.54) is 24.3 Å². The highest BCUT2D eigenvalue weighted by molar-refractivity contribution is 5.52. The van der Waals surface area contributed by atoms with Crippen molar-refractivity contribution < 1.29 is 40.1 Å².